The van der Waals surface area contributed by atoms with Gasteiger partial charge in [0, 0.05) is 26.7 Å². The molecule has 3 nitrogen and oxygen atoms in total. The van der Waals surface area contributed by atoms with Crippen molar-refractivity contribution < 1.29 is 9.84 Å². The van der Waals surface area contributed by atoms with E-state index in [0.29, 0.717) is 12.6 Å². The Kier molecular flexibility index (Phi) is 4.54. The number of benzene rings is 2. The first-order chi connectivity index (χ1) is 10.3. The molecule has 1 unspecified atom stereocenters. The Bertz CT molecular complexity index is 585. The third-order valence-corrected chi connectivity index (χ3v) is 4.48. The smallest absolute Gasteiger partial charge is 0.0922 e. The van der Waals surface area contributed by atoms with Crippen LogP contribution in [0, 0.1) is 0 Å². The second-order valence-electron chi connectivity index (χ2n) is 5.82. The van der Waals surface area contributed by atoms with Crippen LogP contribution in [0.15, 0.2) is 42.5 Å². The molecule has 1 saturated heterocycles. The number of hydrogen-bond donors (Lipinski definition) is 1. The highest BCUT2D eigenvalue weighted by molar-refractivity contribution is 5.85. The van der Waals surface area contributed by atoms with Crippen LogP contribution in [-0.4, -0.2) is 42.9 Å². The number of aliphatic hydroxyl groups excluding tert-OH is 1. The fourth-order valence-electron chi connectivity index (χ4n) is 3.21. The summed E-state index contributed by atoms with van der Waals surface area (Å²) < 4.78 is 5.40. The number of aliphatic hydroxyl groups is 1. The number of β-amino-alcohol motifs (C(OH)–C–C–N with tert-alkyl or cyclic N) is 1. The molecule has 1 aliphatic rings. The molecule has 0 saturated carbocycles. The minimum absolute atomic E-state index is 0.385. The molecule has 1 fully saturated rings. The van der Waals surface area contributed by atoms with E-state index in [1.807, 2.05) is 24.3 Å². The highest BCUT2D eigenvalue weighted by Crippen LogP contribution is 2.25. The van der Waals surface area contributed by atoms with Gasteiger partial charge in [0.2, 0.25) is 0 Å². The number of piperidine rings is 1. The maximum atomic E-state index is 10.6. The van der Waals surface area contributed by atoms with Gasteiger partial charge in [0.15, 0.2) is 0 Å². The maximum absolute atomic E-state index is 10.6. The second-order valence-corrected chi connectivity index (χ2v) is 5.82. The SMILES string of the molecule is COC1CCN(CC(O)c2cccc3ccccc23)CC1. The molecule has 0 amide bonds. The largest absolute Gasteiger partial charge is 0.387 e. The van der Waals surface area contributed by atoms with Crippen LogP contribution >= 0.6 is 0 Å². The van der Waals surface area contributed by atoms with Gasteiger partial charge in [-0.15, -0.1) is 0 Å². The van der Waals surface area contributed by atoms with Gasteiger partial charge in [0.05, 0.1) is 12.2 Å². The van der Waals surface area contributed by atoms with Crippen molar-refractivity contribution >= 4 is 10.8 Å². The van der Waals surface area contributed by atoms with Crippen LogP contribution in [0.5, 0.6) is 0 Å². The quantitative estimate of drug-likeness (QED) is 0.937. The number of fused-ring (bicyclic) bond motifs is 1. The fraction of sp³-hybridized carbons (Fsp3) is 0.444. The lowest BCUT2D eigenvalue weighted by atomic mass is 9.99. The molecular formula is C18H23NO2. The van der Waals surface area contributed by atoms with E-state index in [1.165, 1.54) is 5.39 Å². The van der Waals surface area contributed by atoms with Crippen LogP contribution in [0.25, 0.3) is 10.8 Å². The Labute approximate surface area is 126 Å². The Morgan fingerprint density at radius 2 is 1.86 bits per heavy atom. The van der Waals surface area contributed by atoms with Crippen LogP contribution in [0.3, 0.4) is 0 Å². The van der Waals surface area contributed by atoms with E-state index in [1.54, 1.807) is 7.11 Å². The third kappa shape index (κ3) is 3.26. The van der Waals surface area contributed by atoms with E-state index in [0.717, 1.165) is 36.9 Å². The summed E-state index contributed by atoms with van der Waals surface area (Å²) >= 11 is 0. The molecule has 21 heavy (non-hydrogen) atoms. The third-order valence-electron chi connectivity index (χ3n) is 4.48. The van der Waals surface area contributed by atoms with Gasteiger partial charge in [-0.05, 0) is 29.2 Å². The zero-order valence-corrected chi connectivity index (χ0v) is 12.5. The average molecular weight is 285 g/mol. The Morgan fingerprint density at radius 1 is 1.14 bits per heavy atom. The van der Waals surface area contributed by atoms with Crippen LogP contribution in [0.2, 0.25) is 0 Å². The molecule has 112 valence electrons. The molecule has 1 atom stereocenters. The van der Waals surface area contributed by atoms with Crippen molar-refractivity contribution in [2.24, 2.45) is 0 Å². The van der Waals surface area contributed by atoms with Gasteiger partial charge in [0.1, 0.15) is 0 Å². The zero-order chi connectivity index (χ0) is 14.7. The Hall–Kier alpha value is -1.42. The normalized spacial score (nSPS) is 19.0. The highest BCUT2D eigenvalue weighted by atomic mass is 16.5. The summed E-state index contributed by atoms with van der Waals surface area (Å²) in [7, 11) is 1.78. The van der Waals surface area contributed by atoms with Crippen molar-refractivity contribution in [1.29, 1.82) is 0 Å². The first-order valence-electron chi connectivity index (χ1n) is 7.69. The summed E-state index contributed by atoms with van der Waals surface area (Å²) in [6.07, 6.45) is 2.06. The van der Waals surface area contributed by atoms with Gasteiger partial charge >= 0.3 is 0 Å². The molecule has 0 bridgehead atoms. The summed E-state index contributed by atoms with van der Waals surface area (Å²) in [5.41, 5.74) is 1.03. The predicted octanol–water partition coefficient (Wildman–Crippen LogP) is 2.98. The van der Waals surface area contributed by atoms with E-state index < -0.39 is 6.10 Å². The van der Waals surface area contributed by atoms with Crippen molar-refractivity contribution in [2.75, 3.05) is 26.7 Å². The summed E-state index contributed by atoms with van der Waals surface area (Å²) in [4.78, 5) is 2.34. The molecule has 1 aliphatic heterocycles. The lowest BCUT2D eigenvalue weighted by Gasteiger charge is -2.32. The highest BCUT2D eigenvalue weighted by Gasteiger charge is 2.21. The average Bonchev–Trinajstić information content (AvgIpc) is 2.55. The second kappa shape index (κ2) is 6.56. The molecule has 1 N–H and O–H groups in total. The summed E-state index contributed by atoms with van der Waals surface area (Å²) in [6, 6.07) is 14.4. The van der Waals surface area contributed by atoms with Crippen molar-refractivity contribution in [3.8, 4) is 0 Å². The molecule has 2 aromatic rings. The summed E-state index contributed by atoms with van der Waals surface area (Å²) in [5, 5.41) is 13.0. The molecule has 3 rings (SSSR count). The topological polar surface area (TPSA) is 32.7 Å². The van der Waals surface area contributed by atoms with E-state index in [2.05, 4.69) is 23.1 Å². The lowest BCUT2D eigenvalue weighted by Crippen LogP contribution is -2.38. The first kappa shape index (κ1) is 14.5. The van der Waals surface area contributed by atoms with E-state index in [-0.39, 0.29) is 0 Å². The predicted molar refractivity (Wildman–Crippen MR) is 85.4 cm³/mol. The van der Waals surface area contributed by atoms with Crippen LogP contribution in [0.4, 0.5) is 0 Å². The van der Waals surface area contributed by atoms with Crippen LogP contribution < -0.4 is 0 Å². The number of rotatable bonds is 4. The zero-order valence-electron chi connectivity index (χ0n) is 12.5. The minimum Gasteiger partial charge on any atom is -0.387 e. The molecule has 1 heterocycles. The molecule has 3 heteroatoms. The Morgan fingerprint density at radius 3 is 2.62 bits per heavy atom. The van der Waals surface area contributed by atoms with Gasteiger partial charge < -0.3 is 14.7 Å². The van der Waals surface area contributed by atoms with Crippen molar-refractivity contribution in [3.63, 3.8) is 0 Å². The van der Waals surface area contributed by atoms with E-state index >= 15 is 0 Å². The Balaban J connectivity index is 1.71. The van der Waals surface area contributed by atoms with E-state index in [4.69, 9.17) is 4.74 Å². The van der Waals surface area contributed by atoms with Gasteiger partial charge in [-0.2, -0.15) is 0 Å². The van der Waals surface area contributed by atoms with E-state index in [9.17, 15) is 5.11 Å². The first-order valence-corrected chi connectivity index (χ1v) is 7.69. The summed E-state index contributed by atoms with van der Waals surface area (Å²) in [5.74, 6) is 0. The number of nitrogens with zero attached hydrogens (tertiary/aromatic N) is 1. The molecule has 2 aromatic carbocycles. The maximum Gasteiger partial charge on any atom is 0.0922 e. The molecular weight excluding hydrogens is 262 g/mol. The van der Waals surface area contributed by atoms with Gasteiger partial charge in [-0.1, -0.05) is 42.5 Å². The molecule has 0 spiro atoms. The summed E-state index contributed by atoms with van der Waals surface area (Å²) in [6.45, 7) is 2.70. The number of likely N-dealkylation sites (tertiary alicyclic amines) is 1. The van der Waals surface area contributed by atoms with Gasteiger partial charge in [-0.25, -0.2) is 0 Å². The van der Waals surface area contributed by atoms with Gasteiger partial charge in [0.25, 0.3) is 0 Å². The number of hydrogen-bond acceptors (Lipinski definition) is 3. The van der Waals surface area contributed by atoms with Crippen molar-refractivity contribution in [2.45, 2.75) is 25.0 Å². The van der Waals surface area contributed by atoms with Crippen molar-refractivity contribution in [1.82, 2.24) is 4.90 Å². The van der Waals surface area contributed by atoms with Crippen LogP contribution in [-0.2, 0) is 4.74 Å². The molecule has 0 aromatic heterocycles. The minimum atomic E-state index is -0.435. The standard InChI is InChI=1S/C18H23NO2/c1-21-15-9-11-19(12-10-15)13-18(20)17-8-4-6-14-5-2-3-7-16(14)17/h2-8,15,18,20H,9-13H2,1H3. The lowest BCUT2D eigenvalue weighted by molar-refractivity contribution is 0.0244. The molecule has 0 aliphatic carbocycles. The van der Waals surface area contributed by atoms with Gasteiger partial charge in [-0.3, -0.25) is 0 Å². The fourth-order valence-corrected chi connectivity index (χ4v) is 3.21. The number of methoxy groups -OCH3 is 1. The van der Waals surface area contributed by atoms with Crippen molar-refractivity contribution in [3.05, 3.63) is 48.0 Å². The number of ether oxygens (including phenoxy) is 1. The monoisotopic (exact) mass is 285 g/mol. The van der Waals surface area contributed by atoms with Crippen LogP contribution in [0.1, 0.15) is 24.5 Å². The molecule has 0 radical (unpaired) electrons.